The smallest absolute Gasteiger partial charge is 0.147 e. The quantitative estimate of drug-likeness (QED) is 0.235. The lowest BCUT2D eigenvalue weighted by Crippen LogP contribution is -2.47. The van der Waals surface area contributed by atoms with Crippen LogP contribution < -0.4 is 10.6 Å². The molecule has 1 aliphatic rings. The molecule has 9 heteroatoms. The van der Waals surface area contributed by atoms with Gasteiger partial charge in [-0.25, -0.2) is 4.39 Å². The van der Waals surface area contributed by atoms with Crippen LogP contribution in [0, 0.1) is 24.1 Å². The molecule has 0 spiro atoms. The maximum atomic E-state index is 13.3. The first-order chi connectivity index (χ1) is 17.4. The highest BCUT2D eigenvalue weighted by molar-refractivity contribution is 5.46. The number of anilines is 1. The molecule has 0 saturated carbocycles. The molecule has 0 saturated heterocycles. The number of aryl methyl sites for hydroxylation is 1. The van der Waals surface area contributed by atoms with Crippen molar-refractivity contribution in [1.29, 1.82) is 0 Å². The van der Waals surface area contributed by atoms with Crippen LogP contribution >= 0.6 is 0 Å². The van der Waals surface area contributed by atoms with Gasteiger partial charge in [0.05, 0.1) is 31.0 Å². The zero-order valence-corrected chi connectivity index (χ0v) is 21.6. The lowest BCUT2D eigenvalue weighted by Gasteiger charge is -2.44. The molecule has 1 aromatic carbocycles. The van der Waals surface area contributed by atoms with Gasteiger partial charge in [0.15, 0.2) is 0 Å². The highest BCUT2D eigenvalue weighted by atomic mass is 19.1. The highest BCUT2D eigenvalue weighted by Gasteiger charge is 2.46. The molecule has 200 valence electrons. The fraction of sp³-hybridized carbons (Fsp3) is 0.519. The zero-order valence-electron chi connectivity index (χ0n) is 21.6. The van der Waals surface area contributed by atoms with Crippen molar-refractivity contribution in [2.75, 3.05) is 38.4 Å². The summed E-state index contributed by atoms with van der Waals surface area (Å²) < 4.78 is 35.8. The molecule has 0 bridgehead atoms. The molecule has 1 aromatic heterocycles. The first-order valence-corrected chi connectivity index (χ1v) is 12.4. The van der Waals surface area contributed by atoms with Crippen molar-refractivity contribution in [3.8, 4) is 0 Å². The summed E-state index contributed by atoms with van der Waals surface area (Å²) in [6, 6.07) is 6.18. The number of allylic oxidation sites excluding steroid dienone is 2. The number of aliphatic hydroxyl groups is 1. The molecule has 1 aliphatic carbocycles. The lowest BCUT2D eigenvalue weighted by atomic mass is 9.68. The van der Waals surface area contributed by atoms with Crippen molar-refractivity contribution in [2.24, 2.45) is 11.3 Å². The van der Waals surface area contributed by atoms with E-state index < -0.39 is 11.6 Å². The molecule has 3 atom stereocenters. The Bertz CT molecular complexity index is 1010. The summed E-state index contributed by atoms with van der Waals surface area (Å²) in [5.74, 6) is 0.193. The number of ether oxygens (including phenoxy) is 3. The SMILES string of the molecule is CCCOCCNCOCC1=CC=C(OCc2ccc(F)cc2)C(C)(C(O)Nc2conc2C)C1C.[HH]. The van der Waals surface area contributed by atoms with E-state index in [1.54, 1.807) is 19.1 Å². The Morgan fingerprint density at radius 2 is 1.97 bits per heavy atom. The molecular formula is C27H40FN3O5. The van der Waals surface area contributed by atoms with E-state index in [4.69, 9.17) is 18.7 Å². The molecule has 1 heterocycles. The van der Waals surface area contributed by atoms with Gasteiger partial charge in [0.2, 0.25) is 0 Å². The van der Waals surface area contributed by atoms with Crippen molar-refractivity contribution in [2.45, 2.75) is 47.0 Å². The number of halogens is 1. The molecule has 0 radical (unpaired) electrons. The van der Waals surface area contributed by atoms with Crippen molar-refractivity contribution < 1.29 is 29.7 Å². The van der Waals surface area contributed by atoms with Crippen LogP contribution in [-0.4, -0.2) is 49.6 Å². The largest absolute Gasteiger partial charge is 0.492 e. The van der Waals surface area contributed by atoms with Crippen LogP contribution in [0.25, 0.3) is 0 Å². The molecule has 8 nitrogen and oxygen atoms in total. The van der Waals surface area contributed by atoms with E-state index in [1.807, 2.05) is 26.0 Å². The summed E-state index contributed by atoms with van der Waals surface area (Å²) in [7, 11) is 0. The molecule has 0 fully saturated rings. The van der Waals surface area contributed by atoms with E-state index in [9.17, 15) is 9.50 Å². The predicted molar refractivity (Wildman–Crippen MR) is 138 cm³/mol. The summed E-state index contributed by atoms with van der Waals surface area (Å²) in [5.41, 5.74) is 2.27. The standard InChI is InChI=1S/C27H38FN3O5.H2/c1-5-13-33-14-12-29-18-34-16-22-8-11-25(35-15-21-6-9-23(28)10-7-21)27(4,19(22)2)26(32)30-24-17-36-31-20(24)3;/h6-11,17,19,26,29-30,32H,5,12-16,18H2,1-4H3;1H. The predicted octanol–water partition coefficient (Wildman–Crippen LogP) is 4.77. The number of hydrogen-bond acceptors (Lipinski definition) is 8. The third kappa shape index (κ3) is 7.16. The van der Waals surface area contributed by atoms with E-state index in [0.717, 1.165) is 24.2 Å². The molecule has 0 aliphatic heterocycles. The summed E-state index contributed by atoms with van der Waals surface area (Å²) >= 11 is 0. The average Bonchev–Trinajstić information content (AvgIpc) is 3.27. The number of rotatable bonds is 15. The van der Waals surface area contributed by atoms with Crippen LogP contribution in [0.4, 0.5) is 10.1 Å². The van der Waals surface area contributed by atoms with Crippen LogP contribution in [-0.2, 0) is 20.8 Å². The monoisotopic (exact) mass is 505 g/mol. The molecule has 0 amide bonds. The molecule has 3 unspecified atom stereocenters. The van der Waals surface area contributed by atoms with E-state index in [2.05, 4.69) is 22.7 Å². The van der Waals surface area contributed by atoms with Gasteiger partial charge in [-0.05, 0) is 55.5 Å². The van der Waals surface area contributed by atoms with Gasteiger partial charge in [0.25, 0.3) is 0 Å². The fourth-order valence-corrected chi connectivity index (χ4v) is 4.03. The molecule has 3 N–H and O–H groups in total. The minimum Gasteiger partial charge on any atom is -0.492 e. The van der Waals surface area contributed by atoms with Crippen molar-refractivity contribution >= 4 is 5.69 Å². The lowest BCUT2D eigenvalue weighted by molar-refractivity contribution is -0.00512. The third-order valence-electron chi connectivity index (χ3n) is 6.60. The zero-order chi connectivity index (χ0) is 26.0. The first-order valence-electron chi connectivity index (χ1n) is 12.4. The van der Waals surface area contributed by atoms with Gasteiger partial charge in [-0.3, -0.25) is 5.32 Å². The Kier molecular flexibility index (Phi) is 10.5. The second-order valence-corrected chi connectivity index (χ2v) is 9.16. The maximum absolute atomic E-state index is 13.3. The Morgan fingerprint density at radius 3 is 2.67 bits per heavy atom. The Labute approximate surface area is 214 Å². The minimum atomic E-state index is -1.01. The molecule has 36 heavy (non-hydrogen) atoms. The van der Waals surface area contributed by atoms with Gasteiger partial charge in [-0.2, -0.15) is 0 Å². The second-order valence-electron chi connectivity index (χ2n) is 9.16. The number of nitrogens with one attached hydrogen (secondary N) is 2. The molecule has 3 rings (SSSR count). The van der Waals surface area contributed by atoms with Crippen molar-refractivity contribution in [3.63, 3.8) is 0 Å². The minimum absolute atomic E-state index is 0. The third-order valence-corrected chi connectivity index (χ3v) is 6.60. The summed E-state index contributed by atoms with van der Waals surface area (Å²) in [4.78, 5) is 0. The van der Waals surface area contributed by atoms with Crippen LogP contribution in [0.15, 0.2) is 58.5 Å². The second kappa shape index (κ2) is 13.5. The van der Waals surface area contributed by atoms with E-state index in [0.29, 0.717) is 43.6 Å². The van der Waals surface area contributed by atoms with Gasteiger partial charge in [-0.15, -0.1) is 0 Å². The molecular weight excluding hydrogens is 465 g/mol. The van der Waals surface area contributed by atoms with Gasteiger partial charge in [0, 0.05) is 14.6 Å². The summed E-state index contributed by atoms with van der Waals surface area (Å²) in [5, 5.41) is 21.6. The van der Waals surface area contributed by atoms with Gasteiger partial charge < -0.3 is 29.2 Å². The highest BCUT2D eigenvalue weighted by Crippen LogP contribution is 2.46. The van der Waals surface area contributed by atoms with Crippen LogP contribution in [0.3, 0.4) is 0 Å². The van der Waals surface area contributed by atoms with E-state index in [1.165, 1.54) is 18.4 Å². The fourth-order valence-electron chi connectivity index (χ4n) is 4.03. The number of aliphatic hydroxyl groups excluding tert-OH is 1. The molecule has 2 aromatic rings. The van der Waals surface area contributed by atoms with Gasteiger partial charge in [0.1, 0.15) is 36.4 Å². The average molecular weight is 506 g/mol. The van der Waals surface area contributed by atoms with Gasteiger partial charge in [-0.1, -0.05) is 37.2 Å². The number of aromatic nitrogens is 1. The van der Waals surface area contributed by atoms with E-state index >= 15 is 0 Å². The first kappa shape index (κ1) is 27.9. The Balaban J connectivity index is 0.00000481. The van der Waals surface area contributed by atoms with Crippen LogP contribution in [0.5, 0.6) is 0 Å². The van der Waals surface area contributed by atoms with Crippen molar-refractivity contribution in [1.82, 2.24) is 10.5 Å². The van der Waals surface area contributed by atoms with Crippen LogP contribution in [0.1, 0.15) is 39.9 Å². The number of nitrogens with zero attached hydrogens (tertiary/aromatic N) is 1. The summed E-state index contributed by atoms with van der Waals surface area (Å²) in [6.07, 6.45) is 5.31. The van der Waals surface area contributed by atoms with Crippen LogP contribution in [0.2, 0.25) is 0 Å². The van der Waals surface area contributed by atoms with E-state index in [-0.39, 0.29) is 19.8 Å². The maximum Gasteiger partial charge on any atom is 0.147 e. The summed E-state index contributed by atoms with van der Waals surface area (Å²) in [6.45, 7) is 11.0. The Hall–Kier alpha value is -2.72. The number of hydrogen-bond donors (Lipinski definition) is 3. The normalized spacial score (nSPS) is 20.6. The van der Waals surface area contributed by atoms with Gasteiger partial charge >= 0.3 is 0 Å². The number of benzene rings is 1. The Morgan fingerprint density at radius 1 is 1.19 bits per heavy atom. The topological polar surface area (TPSA) is 98.0 Å². The van der Waals surface area contributed by atoms with Crippen molar-refractivity contribution in [3.05, 3.63) is 71.1 Å².